The van der Waals surface area contributed by atoms with E-state index in [9.17, 15) is 20.1 Å². The van der Waals surface area contributed by atoms with E-state index in [-0.39, 0.29) is 12.5 Å². The van der Waals surface area contributed by atoms with E-state index in [1.807, 2.05) is 13.0 Å². The normalized spacial score (nSPS) is 14.3. The molecular formula is C37H69NO4. The van der Waals surface area contributed by atoms with E-state index in [0.29, 0.717) is 12.8 Å². The summed E-state index contributed by atoms with van der Waals surface area (Å²) in [7, 11) is 0. The third kappa shape index (κ3) is 27.4. The molecule has 0 aromatic rings. The Morgan fingerprint density at radius 2 is 1.07 bits per heavy atom. The highest BCUT2D eigenvalue weighted by Crippen LogP contribution is 2.13. The largest absolute Gasteiger partial charge is 0.394 e. The third-order valence-corrected chi connectivity index (χ3v) is 8.04. The summed E-state index contributed by atoms with van der Waals surface area (Å²) in [5, 5.41) is 33.1. The number of aliphatic hydroxyl groups excluding tert-OH is 3. The van der Waals surface area contributed by atoms with Crippen LogP contribution in [0.25, 0.3) is 0 Å². The molecule has 5 nitrogen and oxygen atoms in total. The van der Waals surface area contributed by atoms with Crippen molar-refractivity contribution in [3.8, 4) is 0 Å². The molecule has 0 aliphatic heterocycles. The zero-order chi connectivity index (χ0) is 30.9. The Kier molecular flexibility index (Phi) is 31.4. The highest BCUT2D eigenvalue weighted by atomic mass is 16.3. The predicted molar refractivity (Wildman–Crippen MR) is 181 cm³/mol. The van der Waals surface area contributed by atoms with Crippen LogP contribution in [0.3, 0.4) is 0 Å². The first-order valence-corrected chi connectivity index (χ1v) is 17.7. The number of aliphatic hydroxyl groups is 3. The minimum absolute atomic E-state index is 0.168. The molecule has 42 heavy (non-hydrogen) atoms. The van der Waals surface area contributed by atoms with Gasteiger partial charge in [-0.3, -0.25) is 4.79 Å². The second kappa shape index (κ2) is 32.5. The molecule has 0 aromatic carbocycles. The van der Waals surface area contributed by atoms with Crippen molar-refractivity contribution in [3.63, 3.8) is 0 Å². The fraction of sp³-hybridized carbons (Fsp3) is 0.811. The summed E-state index contributed by atoms with van der Waals surface area (Å²) < 4.78 is 0. The SMILES string of the molecule is C/C=C/CC/C=C/CCCC(O)C(O)C(CO)NC(=O)CCCCCCCCC/C=C\CCCCCCCCCCC. The van der Waals surface area contributed by atoms with Gasteiger partial charge in [0.05, 0.1) is 18.8 Å². The fourth-order valence-corrected chi connectivity index (χ4v) is 5.24. The summed E-state index contributed by atoms with van der Waals surface area (Å²) in [6.45, 7) is 3.90. The van der Waals surface area contributed by atoms with Crippen molar-refractivity contribution in [2.24, 2.45) is 0 Å². The lowest BCUT2D eigenvalue weighted by Crippen LogP contribution is -2.50. The maximum Gasteiger partial charge on any atom is 0.220 e. The molecule has 3 unspecified atom stereocenters. The molecule has 4 N–H and O–H groups in total. The first-order chi connectivity index (χ1) is 20.6. The Labute approximate surface area is 260 Å². The van der Waals surface area contributed by atoms with Crippen molar-refractivity contribution in [2.75, 3.05) is 6.61 Å². The Morgan fingerprint density at radius 3 is 1.60 bits per heavy atom. The molecular weight excluding hydrogens is 522 g/mol. The molecule has 0 aliphatic carbocycles. The van der Waals surface area contributed by atoms with Crippen LogP contribution in [0, 0.1) is 0 Å². The van der Waals surface area contributed by atoms with E-state index < -0.39 is 18.2 Å². The number of rotatable bonds is 31. The highest BCUT2D eigenvalue weighted by Gasteiger charge is 2.26. The summed E-state index contributed by atoms with van der Waals surface area (Å²) in [6.07, 6.45) is 38.4. The number of amides is 1. The monoisotopic (exact) mass is 592 g/mol. The molecule has 0 rings (SSSR count). The third-order valence-electron chi connectivity index (χ3n) is 8.04. The summed E-state index contributed by atoms with van der Waals surface area (Å²) in [6, 6.07) is -0.831. The van der Waals surface area contributed by atoms with Crippen molar-refractivity contribution >= 4 is 5.91 Å². The lowest BCUT2D eigenvalue weighted by atomic mass is 10.0. The lowest BCUT2D eigenvalue weighted by molar-refractivity contribution is -0.124. The summed E-state index contributed by atoms with van der Waals surface area (Å²) in [4.78, 5) is 12.3. The molecule has 0 saturated carbocycles. The van der Waals surface area contributed by atoms with Gasteiger partial charge < -0.3 is 20.6 Å². The molecule has 0 radical (unpaired) electrons. The van der Waals surface area contributed by atoms with E-state index in [4.69, 9.17) is 0 Å². The van der Waals surface area contributed by atoms with Gasteiger partial charge in [0.25, 0.3) is 0 Å². The molecule has 246 valence electrons. The van der Waals surface area contributed by atoms with Crippen LogP contribution in [0.2, 0.25) is 0 Å². The highest BCUT2D eigenvalue weighted by molar-refractivity contribution is 5.76. The van der Waals surface area contributed by atoms with E-state index in [0.717, 1.165) is 44.9 Å². The van der Waals surface area contributed by atoms with Gasteiger partial charge in [-0.1, -0.05) is 127 Å². The second-order valence-electron chi connectivity index (χ2n) is 12.1. The Morgan fingerprint density at radius 1 is 0.619 bits per heavy atom. The number of nitrogens with one attached hydrogen (secondary N) is 1. The van der Waals surface area contributed by atoms with Crippen molar-refractivity contribution in [2.45, 2.75) is 186 Å². The quantitative estimate of drug-likeness (QED) is 0.0478. The number of carbonyl (C=O) groups is 1. The van der Waals surface area contributed by atoms with Gasteiger partial charge in [0.15, 0.2) is 0 Å². The summed E-state index contributed by atoms with van der Waals surface area (Å²) in [5.41, 5.74) is 0. The Balaban J connectivity index is 3.66. The maximum atomic E-state index is 12.3. The zero-order valence-corrected chi connectivity index (χ0v) is 27.6. The van der Waals surface area contributed by atoms with Crippen LogP contribution >= 0.6 is 0 Å². The number of hydrogen-bond donors (Lipinski definition) is 4. The molecule has 0 aliphatic rings. The maximum absolute atomic E-state index is 12.3. The van der Waals surface area contributed by atoms with Gasteiger partial charge in [0.1, 0.15) is 6.10 Å². The van der Waals surface area contributed by atoms with Gasteiger partial charge in [0.2, 0.25) is 5.91 Å². The molecule has 0 fully saturated rings. The molecule has 3 atom stereocenters. The van der Waals surface area contributed by atoms with Gasteiger partial charge in [0, 0.05) is 6.42 Å². The van der Waals surface area contributed by atoms with Crippen LogP contribution in [-0.4, -0.2) is 46.1 Å². The van der Waals surface area contributed by atoms with Crippen molar-refractivity contribution in [1.29, 1.82) is 0 Å². The predicted octanol–water partition coefficient (Wildman–Crippen LogP) is 9.26. The number of allylic oxidation sites excluding steroid dienone is 6. The number of hydrogen-bond acceptors (Lipinski definition) is 4. The molecule has 0 aromatic heterocycles. The van der Waals surface area contributed by atoms with Gasteiger partial charge in [-0.05, 0) is 71.1 Å². The molecule has 0 heterocycles. The average molecular weight is 592 g/mol. The minimum Gasteiger partial charge on any atom is -0.394 e. The van der Waals surface area contributed by atoms with Gasteiger partial charge in [-0.2, -0.15) is 0 Å². The smallest absolute Gasteiger partial charge is 0.220 e. The minimum atomic E-state index is -1.16. The van der Waals surface area contributed by atoms with E-state index in [2.05, 4.69) is 42.6 Å². The molecule has 0 spiro atoms. The first kappa shape index (κ1) is 40.6. The average Bonchev–Trinajstić information content (AvgIpc) is 2.99. The number of unbranched alkanes of at least 4 members (excludes halogenated alkanes) is 18. The zero-order valence-electron chi connectivity index (χ0n) is 27.6. The van der Waals surface area contributed by atoms with Gasteiger partial charge in [-0.25, -0.2) is 0 Å². The topological polar surface area (TPSA) is 89.8 Å². The number of carbonyl (C=O) groups excluding carboxylic acids is 1. The molecule has 1 amide bonds. The van der Waals surface area contributed by atoms with Gasteiger partial charge in [-0.15, -0.1) is 0 Å². The standard InChI is InChI=1S/C37H69NO4/c1-3-5-7-9-11-13-14-15-16-17-18-19-20-21-22-23-24-26-28-30-32-36(41)38-34(33-39)37(42)35(40)31-29-27-25-12-10-8-6-4-2/h4,6,12,18-19,25,34-35,37,39-40,42H,3,5,7-11,13-17,20-24,26-33H2,1-2H3,(H,38,41)/b6-4+,19-18-,25-12+. The van der Waals surface area contributed by atoms with Crippen LogP contribution in [0.5, 0.6) is 0 Å². The van der Waals surface area contributed by atoms with Crippen molar-refractivity contribution < 1.29 is 20.1 Å². The molecule has 5 heteroatoms. The van der Waals surface area contributed by atoms with Crippen LogP contribution in [-0.2, 0) is 4.79 Å². The fourth-order valence-electron chi connectivity index (χ4n) is 5.24. The second-order valence-corrected chi connectivity index (χ2v) is 12.1. The summed E-state index contributed by atoms with van der Waals surface area (Å²) in [5.74, 6) is -0.168. The van der Waals surface area contributed by atoms with Crippen LogP contribution in [0.15, 0.2) is 36.5 Å². The van der Waals surface area contributed by atoms with Crippen molar-refractivity contribution in [3.05, 3.63) is 36.5 Å². The lowest BCUT2D eigenvalue weighted by Gasteiger charge is -2.26. The van der Waals surface area contributed by atoms with Crippen LogP contribution in [0.4, 0.5) is 0 Å². The van der Waals surface area contributed by atoms with Crippen LogP contribution < -0.4 is 5.32 Å². The Hall–Kier alpha value is -1.43. The molecule has 0 saturated heterocycles. The van der Waals surface area contributed by atoms with Crippen molar-refractivity contribution in [1.82, 2.24) is 5.32 Å². The Bertz CT molecular complexity index is 660. The van der Waals surface area contributed by atoms with Crippen LogP contribution in [0.1, 0.15) is 168 Å². The molecule has 0 bridgehead atoms. The van der Waals surface area contributed by atoms with E-state index in [1.54, 1.807) is 0 Å². The van der Waals surface area contributed by atoms with E-state index >= 15 is 0 Å². The summed E-state index contributed by atoms with van der Waals surface area (Å²) >= 11 is 0. The van der Waals surface area contributed by atoms with Gasteiger partial charge >= 0.3 is 0 Å². The first-order valence-electron chi connectivity index (χ1n) is 17.7. The van der Waals surface area contributed by atoms with E-state index in [1.165, 1.54) is 96.3 Å².